The van der Waals surface area contributed by atoms with Gasteiger partial charge >= 0.3 is 5.69 Å². The molecule has 22 heavy (non-hydrogen) atoms. The van der Waals surface area contributed by atoms with Crippen LogP contribution in [-0.4, -0.2) is 23.5 Å². The minimum Gasteiger partial charge on any atom is -0.477 e. The molecule has 0 unspecified atom stereocenters. The standard InChI is InChI=1S/C16H22N2O4/c1-11-6-5-7-13(12(11)2)17-16(19)10-22-15-9-4-3-8-14(15)18(20)21/h3-4,8-9,11-13H,5-7,10H2,1-2H3,(H,17,19)/t11-,12+,13+/m0/s1. The van der Waals surface area contributed by atoms with Gasteiger partial charge in [-0.3, -0.25) is 14.9 Å². The lowest BCUT2D eigenvalue weighted by atomic mass is 9.78. The minimum atomic E-state index is -0.516. The van der Waals surface area contributed by atoms with Crippen molar-refractivity contribution in [3.05, 3.63) is 34.4 Å². The van der Waals surface area contributed by atoms with Crippen LogP contribution in [0.1, 0.15) is 33.1 Å². The lowest BCUT2D eigenvalue weighted by molar-refractivity contribution is -0.385. The summed E-state index contributed by atoms with van der Waals surface area (Å²) in [6, 6.07) is 6.22. The first kappa shape index (κ1) is 16.3. The van der Waals surface area contributed by atoms with Gasteiger partial charge in [-0.2, -0.15) is 0 Å². The number of nitrogens with one attached hydrogen (secondary N) is 1. The van der Waals surface area contributed by atoms with E-state index in [1.54, 1.807) is 12.1 Å². The molecule has 0 radical (unpaired) electrons. The first-order chi connectivity index (χ1) is 10.5. The fraction of sp³-hybridized carbons (Fsp3) is 0.562. The maximum absolute atomic E-state index is 12.0. The second-order valence-electron chi connectivity index (χ2n) is 5.95. The van der Waals surface area contributed by atoms with Crippen LogP contribution in [0.3, 0.4) is 0 Å². The van der Waals surface area contributed by atoms with Crippen LogP contribution in [0.25, 0.3) is 0 Å². The van der Waals surface area contributed by atoms with Crippen molar-refractivity contribution in [2.45, 2.75) is 39.2 Å². The van der Waals surface area contributed by atoms with Gasteiger partial charge < -0.3 is 10.1 Å². The fourth-order valence-electron chi connectivity index (χ4n) is 2.91. The lowest BCUT2D eigenvalue weighted by Gasteiger charge is -2.34. The number of nitro groups is 1. The molecule has 1 fully saturated rings. The van der Waals surface area contributed by atoms with Gasteiger partial charge in [0.05, 0.1) is 4.92 Å². The number of para-hydroxylation sites is 2. The third kappa shape index (κ3) is 3.96. The summed E-state index contributed by atoms with van der Waals surface area (Å²) in [6.45, 7) is 4.15. The van der Waals surface area contributed by atoms with E-state index in [0.717, 1.165) is 12.8 Å². The minimum absolute atomic E-state index is 0.118. The molecule has 6 nitrogen and oxygen atoms in total. The topological polar surface area (TPSA) is 81.5 Å². The SMILES string of the molecule is C[C@@H]1[C@@H](C)CCC[C@H]1NC(=O)COc1ccccc1[N+](=O)[O-]. The maximum atomic E-state index is 12.0. The van der Waals surface area contributed by atoms with Crippen LogP contribution in [-0.2, 0) is 4.79 Å². The van der Waals surface area contributed by atoms with E-state index in [2.05, 4.69) is 19.2 Å². The van der Waals surface area contributed by atoms with Crippen molar-refractivity contribution >= 4 is 11.6 Å². The van der Waals surface area contributed by atoms with Gasteiger partial charge in [0.1, 0.15) is 0 Å². The summed E-state index contributed by atoms with van der Waals surface area (Å²) < 4.78 is 5.31. The van der Waals surface area contributed by atoms with Crippen LogP contribution in [0, 0.1) is 22.0 Å². The Hall–Kier alpha value is -2.11. The molecule has 1 aliphatic rings. The number of ether oxygens (including phenoxy) is 1. The second kappa shape index (κ2) is 7.24. The maximum Gasteiger partial charge on any atom is 0.310 e. The van der Waals surface area contributed by atoms with Gasteiger partial charge in [0.25, 0.3) is 5.91 Å². The van der Waals surface area contributed by atoms with Crippen molar-refractivity contribution in [3.63, 3.8) is 0 Å². The first-order valence-corrected chi connectivity index (χ1v) is 7.64. The Morgan fingerprint density at radius 1 is 1.36 bits per heavy atom. The van der Waals surface area contributed by atoms with Crippen LogP contribution in [0.4, 0.5) is 5.69 Å². The number of rotatable bonds is 5. The van der Waals surface area contributed by atoms with Crippen molar-refractivity contribution < 1.29 is 14.5 Å². The molecule has 6 heteroatoms. The summed E-state index contributed by atoms with van der Waals surface area (Å²) in [7, 11) is 0. The van der Waals surface area contributed by atoms with Gasteiger partial charge in [-0.15, -0.1) is 0 Å². The van der Waals surface area contributed by atoms with E-state index < -0.39 is 4.92 Å². The average molecular weight is 306 g/mol. The molecule has 0 aliphatic heterocycles. The fourth-order valence-corrected chi connectivity index (χ4v) is 2.91. The predicted molar refractivity (Wildman–Crippen MR) is 82.7 cm³/mol. The Balaban J connectivity index is 1.89. The van der Waals surface area contributed by atoms with E-state index in [1.165, 1.54) is 18.6 Å². The normalized spacial score (nSPS) is 24.5. The molecule has 3 atom stereocenters. The molecule has 0 heterocycles. The third-order valence-electron chi connectivity index (χ3n) is 4.47. The zero-order valence-electron chi connectivity index (χ0n) is 13.0. The molecule has 1 amide bonds. The Morgan fingerprint density at radius 3 is 2.82 bits per heavy atom. The molecular weight excluding hydrogens is 284 g/mol. The summed E-state index contributed by atoms with van der Waals surface area (Å²) >= 11 is 0. The number of hydrogen-bond acceptors (Lipinski definition) is 4. The van der Waals surface area contributed by atoms with E-state index >= 15 is 0 Å². The van der Waals surface area contributed by atoms with Crippen LogP contribution in [0.5, 0.6) is 5.75 Å². The van der Waals surface area contributed by atoms with Crippen molar-refractivity contribution in [3.8, 4) is 5.75 Å². The molecule has 1 saturated carbocycles. The molecule has 1 aliphatic carbocycles. The summed E-state index contributed by atoms with van der Waals surface area (Å²) in [4.78, 5) is 22.4. The van der Waals surface area contributed by atoms with Gasteiger partial charge in [0.15, 0.2) is 12.4 Å². The summed E-state index contributed by atoms with van der Waals surface area (Å²) in [5.41, 5.74) is -0.130. The highest BCUT2D eigenvalue weighted by Crippen LogP contribution is 2.29. The van der Waals surface area contributed by atoms with Crippen LogP contribution in [0.15, 0.2) is 24.3 Å². The zero-order chi connectivity index (χ0) is 16.1. The molecule has 120 valence electrons. The van der Waals surface area contributed by atoms with Crippen molar-refractivity contribution in [2.24, 2.45) is 11.8 Å². The summed E-state index contributed by atoms with van der Waals surface area (Å²) in [6.07, 6.45) is 3.28. The molecular formula is C16H22N2O4. The van der Waals surface area contributed by atoms with Gasteiger partial charge in [-0.05, 0) is 24.3 Å². The lowest BCUT2D eigenvalue weighted by Crippen LogP contribution is -2.45. The van der Waals surface area contributed by atoms with Crippen molar-refractivity contribution in [1.29, 1.82) is 0 Å². The monoisotopic (exact) mass is 306 g/mol. The van der Waals surface area contributed by atoms with Crippen LogP contribution >= 0.6 is 0 Å². The molecule has 0 bridgehead atoms. The molecule has 1 N–H and O–H groups in total. The number of amides is 1. The second-order valence-corrected chi connectivity index (χ2v) is 5.95. The molecule has 1 aromatic rings. The van der Waals surface area contributed by atoms with Crippen LogP contribution in [0.2, 0.25) is 0 Å². The van der Waals surface area contributed by atoms with Gasteiger partial charge in [0.2, 0.25) is 0 Å². The largest absolute Gasteiger partial charge is 0.477 e. The number of benzene rings is 1. The smallest absolute Gasteiger partial charge is 0.310 e. The van der Waals surface area contributed by atoms with Crippen molar-refractivity contribution in [2.75, 3.05) is 6.61 Å². The Kier molecular flexibility index (Phi) is 5.35. The predicted octanol–water partition coefficient (Wildman–Crippen LogP) is 2.91. The van der Waals surface area contributed by atoms with E-state index in [9.17, 15) is 14.9 Å². The van der Waals surface area contributed by atoms with E-state index in [-0.39, 0.29) is 30.0 Å². The van der Waals surface area contributed by atoms with E-state index in [1.807, 2.05) is 0 Å². The highest BCUT2D eigenvalue weighted by Gasteiger charge is 2.28. The average Bonchev–Trinajstić information content (AvgIpc) is 2.50. The van der Waals surface area contributed by atoms with Crippen LogP contribution < -0.4 is 10.1 Å². The third-order valence-corrected chi connectivity index (χ3v) is 4.47. The molecule has 0 aromatic heterocycles. The van der Waals surface area contributed by atoms with Gasteiger partial charge in [0, 0.05) is 12.1 Å². The summed E-state index contributed by atoms with van der Waals surface area (Å²) in [5, 5.41) is 13.9. The number of carbonyl (C=O) groups excluding carboxylic acids is 1. The number of nitrogens with zero attached hydrogens (tertiary/aromatic N) is 1. The molecule has 0 spiro atoms. The van der Waals surface area contributed by atoms with Gasteiger partial charge in [-0.1, -0.05) is 38.8 Å². The van der Waals surface area contributed by atoms with E-state index in [0.29, 0.717) is 11.8 Å². The highest BCUT2D eigenvalue weighted by atomic mass is 16.6. The molecule has 1 aromatic carbocycles. The number of carbonyl (C=O) groups is 1. The number of hydrogen-bond donors (Lipinski definition) is 1. The summed E-state index contributed by atoms with van der Waals surface area (Å²) in [5.74, 6) is 0.913. The Morgan fingerprint density at radius 2 is 2.09 bits per heavy atom. The van der Waals surface area contributed by atoms with E-state index in [4.69, 9.17) is 4.74 Å². The van der Waals surface area contributed by atoms with Gasteiger partial charge in [-0.25, -0.2) is 0 Å². The Bertz CT molecular complexity index is 547. The number of nitro benzene ring substituents is 1. The quantitative estimate of drug-likeness (QED) is 0.670. The molecule has 0 saturated heterocycles. The first-order valence-electron chi connectivity index (χ1n) is 7.64. The highest BCUT2D eigenvalue weighted by molar-refractivity contribution is 5.78. The van der Waals surface area contributed by atoms with Crippen molar-refractivity contribution in [1.82, 2.24) is 5.32 Å². The Labute approximate surface area is 130 Å². The zero-order valence-corrected chi connectivity index (χ0v) is 13.0. The molecule has 2 rings (SSSR count).